The van der Waals surface area contributed by atoms with Gasteiger partial charge in [-0.2, -0.15) is 0 Å². The van der Waals surface area contributed by atoms with Crippen LogP contribution in [0.4, 0.5) is 4.79 Å². The molecule has 0 radical (unpaired) electrons. The first-order valence-electron chi connectivity index (χ1n) is 11.5. The fourth-order valence-corrected chi connectivity index (χ4v) is 3.34. The van der Waals surface area contributed by atoms with Crippen molar-refractivity contribution in [2.75, 3.05) is 7.11 Å². The number of rotatable bonds is 8. The highest BCUT2D eigenvalue weighted by atomic mass is 16.6. The van der Waals surface area contributed by atoms with Crippen LogP contribution < -0.4 is 25.0 Å². The van der Waals surface area contributed by atoms with Gasteiger partial charge in [-0.1, -0.05) is 19.9 Å². The van der Waals surface area contributed by atoms with E-state index in [4.69, 9.17) is 23.4 Å². The molecule has 1 amide bonds. The van der Waals surface area contributed by atoms with Crippen molar-refractivity contribution in [1.29, 1.82) is 0 Å². The largest absolute Gasteiger partial charge is 0.497 e. The average molecular weight is 498 g/mol. The van der Waals surface area contributed by atoms with Crippen molar-refractivity contribution >= 4 is 23.0 Å². The molecule has 0 spiro atoms. The maximum absolute atomic E-state index is 12.9. The van der Waals surface area contributed by atoms with E-state index in [-0.39, 0.29) is 33.8 Å². The number of alkyl carbamates (subject to hydrolysis) is 1. The number of fused-ring (bicyclic) bond motifs is 1. The Hall–Kier alpha value is -4.01. The Morgan fingerprint density at radius 1 is 1.03 bits per heavy atom. The third kappa shape index (κ3) is 7.24. The molecule has 0 aliphatic rings. The molecule has 0 aliphatic heterocycles. The molecule has 1 N–H and O–H groups in total. The molecule has 0 saturated heterocycles. The second kappa shape index (κ2) is 11.2. The first-order chi connectivity index (χ1) is 16.9. The maximum Gasteiger partial charge on any atom is 0.408 e. The van der Waals surface area contributed by atoms with Crippen molar-refractivity contribution in [1.82, 2.24) is 5.32 Å². The van der Waals surface area contributed by atoms with Crippen LogP contribution in [0.2, 0.25) is 0 Å². The topological polar surface area (TPSA) is 113 Å². The summed E-state index contributed by atoms with van der Waals surface area (Å²) < 4.78 is 27.2. The molecule has 0 unspecified atom stereocenters. The predicted octanol–water partition coefficient (Wildman–Crippen LogP) is 5.44. The van der Waals surface area contributed by atoms with Gasteiger partial charge in [0.05, 0.1) is 12.5 Å². The summed E-state index contributed by atoms with van der Waals surface area (Å²) in [4.78, 5) is 38.0. The zero-order valence-electron chi connectivity index (χ0n) is 21.2. The molecule has 192 valence electrons. The predicted molar refractivity (Wildman–Crippen MR) is 134 cm³/mol. The van der Waals surface area contributed by atoms with E-state index in [2.05, 4.69) is 5.32 Å². The molecule has 1 aromatic heterocycles. The number of benzene rings is 2. The molecular weight excluding hydrogens is 466 g/mol. The van der Waals surface area contributed by atoms with Gasteiger partial charge >= 0.3 is 12.1 Å². The summed E-state index contributed by atoms with van der Waals surface area (Å²) in [6.45, 7) is 9.05. The van der Waals surface area contributed by atoms with Gasteiger partial charge in [0.2, 0.25) is 11.2 Å². The lowest BCUT2D eigenvalue weighted by molar-refractivity contribution is -0.137. The van der Waals surface area contributed by atoms with E-state index in [9.17, 15) is 14.4 Å². The Morgan fingerprint density at radius 3 is 2.42 bits per heavy atom. The van der Waals surface area contributed by atoms with Gasteiger partial charge in [-0.05, 0) is 57.4 Å². The van der Waals surface area contributed by atoms with Gasteiger partial charge in [0, 0.05) is 12.1 Å². The van der Waals surface area contributed by atoms with Gasteiger partial charge in [-0.25, -0.2) is 9.59 Å². The molecule has 0 aliphatic carbocycles. The van der Waals surface area contributed by atoms with Crippen LogP contribution in [-0.2, 0) is 9.53 Å². The molecule has 2 aromatic carbocycles. The van der Waals surface area contributed by atoms with Crippen LogP contribution >= 0.6 is 0 Å². The standard InChI is InChI=1S/C27H31NO8/c1-16(2)12-21(28-26(31)36-27(3,4)5)25(30)35-19-10-11-20-22(14-19)33-15-23(24(20)29)34-18-9-7-8-17(13-18)32-6/h7-11,13-16,21H,12H2,1-6H3,(H,28,31)/t21-/m1/s1. The number of methoxy groups -OCH3 is 1. The SMILES string of the molecule is COc1cccc(Oc2coc3cc(OC(=O)[C@@H](CC(C)C)NC(=O)OC(C)(C)C)ccc3c2=O)c1. The number of hydrogen-bond acceptors (Lipinski definition) is 8. The number of carbonyl (C=O) groups excluding carboxylic acids is 2. The van der Waals surface area contributed by atoms with Gasteiger partial charge in [-0.3, -0.25) is 4.79 Å². The second-order valence-corrected chi connectivity index (χ2v) is 9.62. The number of ether oxygens (including phenoxy) is 4. The van der Waals surface area contributed by atoms with E-state index in [1.165, 1.54) is 31.6 Å². The molecule has 9 heteroatoms. The van der Waals surface area contributed by atoms with Crippen LogP contribution in [0.15, 0.2) is 57.9 Å². The number of nitrogens with one attached hydrogen (secondary N) is 1. The molecular formula is C27H31NO8. The van der Waals surface area contributed by atoms with Crippen molar-refractivity contribution in [3.8, 4) is 23.0 Å². The van der Waals surface area contributed by atoms with E-state index in [1.54, 1.807) is 45.0 Å². The average Bonchev–Trinajstić information content (AvgIpc) is 2.79. The Labute approximate surface area is 209 Å². The van der Waals surface area contributed by atoms with Gasteiger partial charge in [-0.15, -0.1) is 0 Å². The summed E-state index contributed by atoms with van der Waals surface area (Å²) in [5.41, 5.74) is -0.883. The Balaban J connectivity index is 1.77. The monoisotopic (exact) mass is 497 g/mol. The van der Waals surface area contributed by atoms with Crippen LogP contribution in [0.1, 0.15) is 41.0 Å². The summed E-state index contributed by atoms with van der Waals surface area (Å²) in [5, 5.41) is 2.83. The Morgan fingerprint density at radius 2 is 1.75 bits per heavy atom. The highest BCUT2D eigenvalue weighted by Crippen LogP contribution is 2.26. The molecule has 3 aromatic rings. The van der Waals surface area contributed by atoms with E-state index in [0.29, 0.717) is 17.9 Å². The fraction of sp³-hybridized carbons (Fsp3) is 0.370. The molecule has 36 heavy (non-hydrogen) atoms. The smallest absolute Gasteiger partial charge is 0.408 e. The fourth-order valence-electron chi connectivity index (χ4n) is 3.34. The highest BCUT2D eigenvalue weighted by Gasteiger charge is 2.27. The molecule has 1 heterocycles. The summed E-state index contributed by atoms with van der Waals surface area (Å²) in [6.07, 6.45) is 0.839. The summed E-state index contributed by atoms with van der Waals surface area (Å²) in [7, 11) is 1.53. The zero-order valence-corrected chi connectivity index (χ0v) is 21.2. The third-order valence-electron chi connectivity index (χ3n) is 4.88. The van der Waals surface area contributed by atoms with Crippen LogP contribution in [0.3, 0.4) is 0 Å². The third-order valence-corrected chi connectivity index (χ3v) is 4.88. The van der Waals surface area contributed by atoms with Crippen molar-refractivity contribution in [3.63, 3.8) is 0 Å². The molecule has 0 saturated carbocycles. The minimum atomic E-state index is -0.916. The van der Waals surface area contributed by atoms with E-state index in [1.807, 2.05) is 13.8 Å². The van der Waals surface area contributed by atoms with E-state index < -0.39 is 23.7 Å². The lowest BCUT2D eigenvalue weighted by atomic mass is 10.0. The second-order valence-electron chi connectivity index (χ2n) is 9.62. The zero-order chi connectivity index (χ0) is 26.5. The van der Waals surface area contributed by atoms with Gasteiger partial charge in [0.1, 0.15) is 40.7 Å². The molecule has 3 rings (SSSR count). The Bertz CT molecular complexity index is 1290. The summed E-state index contributed by atoms with van der Waals surface area (Å²) in [6, 6.07) is 10.3. The molecule has 0 fully saturated rings. The maximum atomic E-state index is 12.9. The minimum Gasteiger partial charge on any atom is -0.497 e. The van der Waals surface area contributed by atoms with Crippen LogP contribution in [0.25, 0.3) is 11.0 Å². The van der Waals surface area contributed by atoms with Crippen LogP contribution in [0, 0.1) is 5.92 Å². The number of carbonyl (C=O) groups is 2. The lowest BCUT2D eigenvalue weighted by Gasteiger charge is -2.23. The van der Waals surface area contributed by atoms with E-state index >= 15 is 0 Å². The summed E-state index contributed by atoms with van der Waals surface area (Å²) >= 11 is 0. The van der Waals surface area contributed by atoms with Crippen LogP contribution in [-0.4, -0.2) is 30.8 Å². The highest BCUT2D eigenvalue weighted by molar-refractivity contribution is 5.84. The molecule has 0 bridgehead atoms. The summed E-state index contributed by atoms with van der Waals surface area (Å²) in [5.74, 6) is 0.613. The molecule has 1 atom stereocenters. The van der Waals surface area contributed by atoms with Gasteiger partial charge in [0.15, 0.2) is 0 Å². The molecule has 9 nitrogen and oxygen atoms in total. The van der Waals surface area contributed by atoms with E-state index in [0.717, 1.165) is 0 Å². The Kier molecular flexibility index (Phi) is 8.24. The van der Waals surface area contributed by atoms with Crippen molar-refractivity contribution in [2.24, 2.45) is 5.92 Å². The number of esters is 1. The van der Waals surface area contributed by atoms with Crippen molar-refractivity contribution in [3.05, 3.63) is 59.0 Å². The lowest BCUT2D eigenvalue weighted by Crippen LogP contribution is -2.45. The van der Waals surface area contributed by atoms with Crippen molar-refractivity contribution in [2.45, 2.75) is 52.7 Å². The number of hydrogen-bond donors (Lipinski definition) is 1. The van der Waals surface area contributed by atoms with Crippen molar-refractivity contribution < 1.29 is 33.0 Å². The minimum absolute atomic E-state index is 0.000874. The van der Waals surface area contributed by atoms with Gasteiger partial charge in [0.25, 0.3) is 0 Å². The first kappa shape index (κ1) is 26.6. The van der Waals surface area contributed by atoms with Gasteiger partial charge < -0.3 is 28.7 Å². The number of amides is 1. The normalized spacial score (nSPS) is 12.2. The van der Waals surface area contributed by atoms with Crippen LogP contribution in [0.5, 0.6) is 23.0 Å². The quantitative estimate of drug-likeness (QED) is 0.323. The first-order valence-corrected chi connectivity index (χ1v) is 11.5.